The largest absolute Gasteiger partial charge is 0.492 e. The van der Waals surface area contributed by atoms with Crippen molar-refractivity contribution in [2.24, 2.45) is 0 Å². The smallest absolute Gasteiger partial charge is 0.415 e. The molecule has 0 spiro atoms. The van der Waals surface area contributed by atoms with E-state index in [0.29, 0.717) is 37.7 Å². The molecule has 1 aliphatic rings. The third-order valence-corrected chi connectivity index (χ3v) is 4.50. The minimum absolute atomic E-state index is 0.0137. The maximum absolute atomic E-state index is 12.3. The number of hydrogen-bond acceptors (Lipinski definition) is 6. The summed E-state index contributed by atoms with van der Waals surface area (Å²) in [7, 11) is 0. The first kappa shape index (κ1) is 19.6. The molecule has 2 aromatic rings. The summed E-state index contributed by atoms with van der Waals surface area (Å²) < 4.78 is 11.0. The monoisotopic (exact) mass is 385 g/mol. The van der Waals surface area contributed by atoms with E-state index in [1.807, 2.05) is 18.2 Å². The zero-order valence-corrected chi connectivity index (χ0v) is 15.5. The molecule has 1 heterocycles. The molecule has 3 rings (SSSR count). The van der Waals surface area contributed by atoms with Crippen LogP contribution >= 0.6 is 0 Å². The van der Waals surface area contributed by atoms with Crippen molar-refractivity contribution in [3.8, 4) is 11.5 Å². The lowest BCUT2D eigenvalue weighted by Gasteiger charge is -2.21. The van der Waals surface area contributed by atoms with Gasteiger partial charge in [0.15, 0.2) is 0 Å². The number of nitro groups is 1. The number of para-hydroxylation sites is 1. The highest BCUT2D eigenvalue weighted by atomic mass is 16.6. The van der Waals surface area contributed by atoms with Crippen LogP contribution < -0.4 is 9.47 Å². The van der Waals surface area contributed by atoms with Crippen molar-refractivity contribution >= 4 is 11.8 Å². The van der Waals surface area contributed by atoms with Gasteiger partial charge < -0.3 is 14.4 Å². The fourth-order valence-electron chi connectivity index (χ4n) is 3.01. The van der Waals surface area contributed by atoms with Crippen LogP contribution in [0, 0.1) is 10.1 Å². The van der Waals surface area contributed by atoms with Crippen LogP contribution in [0.1, 0.15) is 6.42 Å². The molecular weight excluding hydrogens is 362 g/mol. The quantitative estimate of drug-likeness (QED) is 0.561. The molecule has 0 unspecified atom stereocenters. The van der Waals surface area contributed by atoms with E-state index in [2.05, 4.69) is 4.90 Å². The van der Waals surface area contributed by atoms with Crippen molar-refractivity contribution in [2.75, 3.05) is 39.3 Å². The number of nitrogens with zero attached hydrogens (tertiary/aromatic N) is 3. The third kappa shape index (κ3) is 5.68. The van der Waals surface area contributed by atoms with E-state index in [1.165, 1.54) is 12.1 Å². The van der Waals surface area contributed by atoms with Gasteiger partial charge in [-0.25, -0.2) is 4.79 Å². The van der Waals surface area contributed by atoms with Crippen LogP contribution in [0.2, 0.25) is 0 Å². The Kier molecular flexibility index (Phi) is 6.80. The number of rotatable bonds is 6. The molecule has 1 aliphatic heterocycles. The molecular formula is C20H23N3O5. The molecule has 2 aromatic carbocycles. The molecule has 0 N–H and O–H groups in total. The summed E-state index contributed by atoms with van der Waals surface area (Å²) in [5.74, 6) is 1.02. The van der Waals surface area contributed by atoms with Gasteiger partial charge in [0.05, 0.1) is 11.0 Å². The third-order valence-electron chi connectivity index (χ3n) is 4.50. The summed E-state index contributed by atoms with van der Waals surface area (Å²) in [6.45, 7) is 3.92. The van der Waals surface area contributed by atoms with E-state index in [0.717, 1.165) is 19.5 Å². The van der Waals surface area contributed by atoms with E-state index >= 15 is 0 Å². The van der Waals surface area contributed by atoms with Crippen LogP contribution in [-0.4, -0.2) is 60.1 Å². The number of carbonyl (C=O) groups is 1. The number of amides is 1. The van der Waals surface area contributed by atoms with Crippen molar-refractivity contribution in [1.82, 2.24) is 9.80 Å². The lowest BCUT2D eigenvalue weighted by molar-refractivity contribution is -0.384. The average molecular weight is 385 g/mol. The molecule has 8 heteroatoms. The number of hydrogen-bond donors (Lipinski definition) is 0. The van der Waals surface area contributed by atoms with Crippen LogP contribution in [0.5, 0.6) is 11.5 Å². The molecule has 28 heavy (non-hydrogen) atoms. The number of carbonyl (C=O) groups excluding carboxylic acids is 1. The fraction of sp³-hybridized carbons (Fsp3) is 0.350. The summed E-state index contributed by atoms with van der Waals surface area (Å²) >= 11 is 0. The lowest BCUT2D eigenvalue weighted by atomic mass is 10.3. The van der Waals surface area contributed by atoms with E-state index < -0.39 is 4.92 Å². The number of non-ortho nitro benzene ring substituents is 1. The van der Waals surface area contributed by atoms with Crippen molar-refractivity contribution in [1.29, 1.82) is 0 Å². The maximum atomic E-state index is 12.3. The Morgan fingerprint density at radius 2 is 1.79 bits per heavy atom. The van der Waals surface area contributed by atoms with Crippen molar-refractivity contribution < 1.29 is 19.2 Å². The van der Waals surface area contributed by atoms with Gasteiger partial charge in [0.25, 0.3) is 5.69 Å². The first-order chi connectivity index (χ1) is 13.6. The summed E-state index contributed by atoms with van der Waals surface area (Å²) in [6.07, 6.45) is 0.515. The summed E-state index contributed by atoms with van der Waals surface area (Å²) in [4.78, 5) is 26.6. The van der Waals surface area contributed by atoms with Gasteiger partial charge in [-0.2, -0.15) is 0 Å². The summed E-state index contributed by atoms with van der Waals surface area (Å²) in [6, 6.07) is 15.2. The van der Waals surface area contributed by atoms with Crippen LogP contribution in [0.3, 0.4) is 0 Å². The van der Waals surface area contributed by atoms with E-state index in [1.54, 1.807) is 29.2 Å². The van der Waals surface area contributed by atoms with Gasteiger partial charge in [0.2, 0.25) is 0 Å². The number of benzene rings is 2. The Morgan fingerprint density at radius 1 is 1.00 bits per heavy atom. The zero-order chi connectivity index (χ0) is 19.8. The Bertz CT molecular complexity index is 799. The van der Waals surface area contributed by atoms with E-state index in [9.17, 15) is 14.9 Å². The highest BCUT2D eigenvalue weighted by Crippen LogP contribution is 2.19. The van der Waals surface area contributed by atoms with Crippen LogP contribution in [-0.2, 0) is 0 Å². The van der Waals surface area contributed by atoms with Gasteiger partial charge in [-0.05, 0) is 24.6 Å². The Hall–Kier alpha value is -3.13. The van der Waals surface area contributed by atoms with Crippen molar-refractivity contribution in [3.63, 3.8) is 0 Å². The average Bonchev–Trinajstić information content (AvgIpc) is 2.95. The van der Waals surface area contributed by atoms with Crippen molar-refractivity contribution in [2.45, 2.75) is 6.42 Å². The lowest BCUT2D eigenvalue weighted by Crippen LogP contribution is -2.37. The summed E-state index contributed by atoms with van der Waals surface area (Å²) in [5, 5.41) is 10.8. The minimum atomic E-state index is -0.440. The van der Waals surface area contributed by atoms with E-state index in [-0.39, 0.29) is 11.8 Å². The highest BCUT2D eigenvalue weighted by molar-refractivity contribution is 5.70. The second kappa shape index (κ2) is 9.70. The highest BCUT2D eigenvalue weighted by Gasteiger charge is 2.20. The number of nitro benzene ring substituents is 1. The second-order valence-electron chi connectivity index (χ2n) is 6.47. The SMILES string of the molecule is O=C(Oc1ccccc1)N1CCCN(CCOc2cccc([N+](=O)[O-])c2)CC1. The minimum Gasteiger partial charge on any atom is -0.492 e. The molecule has 1 amide bonds. The van der Waals surface area contributed by atoms with Crippen LogP contribution in [0.15, 0.2) is 54.6 Å². The zero-order valence-electron chi connectivity index (χ0n) is 15.5. The summed E-state index contributed by atoms with van der Waals surface area (Å²) in [5.41, 5.74) is 0.0137. The standard InChI is InChI=1S/C20H23N3O5/c24-20(28-18-7-2-1-3-8-18)22-11-5-10-21(12-13-22)14-15-27-19-9-4-6-17(16-19)23(25)26/h1-4,6-9,16H,5,10-15H2. The first-order valence-corrected chi connectivity index (χ1v) is 9.23. The molecule has 1 saturated heterocycles. The van der Waals surface area contributed by atoms with Crippen LogP contribution in [0.4, 0.5) is 10.5 Å². The molecule has 0 saturated carbocycles. The molecule has 0 aliphatic carbocycles. The Morgan fingerprint density at radius 3 is 2.57 bits per heavy atom. The molecule has 0 bridgehead atoms. The van der Waals surface area contributed by atoms with E-state index in [4.69, 9.17) is 9.47 Å². The van der Waals surface area contributed by atoms with Crippen molar-refractivity contribution in [3.05, 3.63) is 64.7 Å². The normalized spacial score (nSPS) is 14.9. The van der Waals surface area contributed by atoms with Gasteiger partial charge >= 0.3 is 6.09 Å². The van der Waals surface area contributed by atoms with Gasteiger partial charge in [-0.15, -0.1) is 0 Å². The first-order valence-electron chi connectivity index (χ1n) is 9.23. The second-order valence-corrected chi connectivity index (χ2v) is 6.47. The molecule has 148 valence electrons. The maximum Gasteiger partial charge on any atom is 0.415 e. The number of ether oxygens (including phenoxy) is 2. The molecule has 0 atom stereocenters. The Balaban J connectivity index is 1.43. The Labute approximate surface area is 163 Å². The van der Waals surface area contributed by atoms with Gasteiger partial charge in [-0.3, -0.25) is 15.0 Å². The molecule has 0 radical (unpaired) electrons. The fourth-order valence-corrected chi connectivity index (χ4v) is 3.01. The molecule has 0 aromatic heterocycles. The van der Waals surface area contributed by atoms with Crippen LogP contribution in [0.25, 0.3) is 0 Å². The molecule has 1 fully saturated rings. The molecule has 8 nitrogen and oxygen atoms in total. The topological polar surface area (TPSA) is 85.2 Å². The van der Waals surface area contributed by atoms with Gasteiger partial charge in [0.1, 0.15) is 18.1 Å². The van der Waals surface area contributed by atoms with Gasteiger partial charge in [-0.1, -0.05) is 24.3 Å². The van der Waals surface area contributed by atoms with Gasteiger partial charge in [0, 0.05) is 38.8 Å². The predicted molar refractivity (Wildman–Crippen MR) is 104 cm³/mol. The predicted octanol–water partition coefficient (Wildman–Crippen LogP) is 3.18.